The van der Waals surface area contributed by atoms with Crippen LogP contribution in [0.1, 0.15) is 6.92 Å². The third-order valence-corrected chi connectivity index (χ3v) is 3.62. The lowest BCUT2D eigenvalue weighted by molar-refractivity contribution is -0.139. The molecule has 1 aliphatic carbocycles. The summed E-state index contributed by atoms with van der Waals surface area (Å²) in [6.45, 7) is 1.49. The van der Waals surface area contributed by atoms with Gasteiger partial charge in [0.25, 0.3) is 0 Å². The second-order valence-corrected chi connectivity index (χ2v) is 4.19. The van der Waals surface area contributed by atoms with E-state index in [1.807, 2.05) is 0 Å². The SMILES string of the molecule is CC1=CC=C(C(=O)O)C(Cl)C1(Cl)C(=O)O. The molecule has 0 bridgehead atoms. The van der Waals surface area contributed by atoms with E-state index in [-0.39, 0.29) is 5.57 Å². The van der Waals surface area contributed by atoms with Crippen LogP contribution in [0.4, 0.5) is 0 Å². The Kier molecular flexibility index (Phi) is 3.11. The minimum absolute atomic E-state index is 0.223. The lowest BCUT2D eigenvalue weighted by Gasteiger charge is -2.31. The molecule has 0 fully saturated rings. The van der Waals surface area contributed by atoms with Gasteiger partial charge in [-0.3, -0.25) is 0 Å². The van der Waals surface area contributed by atoms with Gasteiger partial charge >= 0.3 is 11.9 Å². The highest BCUT2D eigenvalue weighted by atomic mass is 35.5. The monoisotopic (exact) mass is 250 g/mol. The van der Waals surface area contributed by atoms with Gasteiger partial charge in [0, 0.05) is 0 Å². The number of allylic oxidation sites excluding steroid dienone is 2. The van der Waals surface area contributed by atoms with Crippen LogP contribution >= 0.6 is 23.2 Å². The first-order valence-electron chi connectivity index (χ1n) is 4.00. The predicted molar refractivity (Wildman–Crippen MR) is 55.3 cm³/mol. The summed E-state index contributed by atoms with van der Waals surface area (Å²) < 4.78 is 0. The van der Waals surface area contributed by atoms with Crippen LogP contribution in [0.25, 0.3) is 0 Å². The smallest absolute Gasteiger partial charge is 0.333 e. The van der Waals surface area contributed by atoms with Gasteiger partial charge < -0.3 is 10.2 Å². The largest absolute Gasteiger partial charge is 0.480 e. The number of hydrogen-bond acceptors (Lipinski definition) is 2. The van der Waals surface area contributed by atoms with Crippen molar-refractivity contribution in [3.8, 4) is 0 Å². The third kappa shape index (κ3) is 1.75. The average Bonchev–Trinajstić information content (AvgIpc) is 2.13. The minimum atomic E-state index is -1.88. The van der Waals surface area contributed by atoms with Gasteiger partial charge in [0.1, 0.15) is 0 Å². The van der Waals surface area contributed by atoms with Crippen LogP contribution in [0.2, 0.25) is 0 Å². The Labute approximate surface area is 95.8 Å². The van der Waals surface area contributed by atoms with E-state index in [2.05, 4.69) is 0 Å². The van der Waals surface area contributed by atoms with Gasteiger partial charge in [0.2, 0.25) is 0 Å². The first-order valence-corrected chi connectivity index (χ1v) is 4.82. The highest BCUT2D eigenvalue weighted by Gasteiger charge is 2.49. The predicted octanol–water partition coefficient (Wildman–Crippen LogP) is 1.63. The number of carboxylic acid groups (broad SMARTS) is 2. The number of hydrogen-bond donors (Lipinski definition) is 2. The summed E-state index contributed by atoms with van der Waals surface area (Å²) in [5.41, 5.74) is 0.0846. The van der Waals surface area contributed by atoms with Crippen molar-refractivity contribution in [2.75, 3.05) is 0 Å². The number of halogens is 2. The van der Waals surface area contributed by atoms with Gasteiger partial charge in [-0.1, -0.05) is 23.8 Å². The molecular formula is C9H8Cl2O4. The zero-order valence-corrected chi connectivity index (χ0v) is 9.21. The summed E-state index contributed by atoms with van der Waals surface area (Å²) in [6, 6.07) is 0. The van der Waals surface area contributed by atoms with E-state index in [1.54, 1.807) is 0 Å². The summed E-state index contributed by atoms with van der Waals surface area (Å²) in [4.78, 5) is 19.9. The molecule has 1 rings (SSSR count). The Morgan fingerprint density at radius 2 is 1.93 bits per heavy atom. The van der Waals surface area contributed by atoms with Crippen molar-refractivity contribution in [3.63, 3.8) is 0 Å². The average molecular weight is 251 g/mol. The molecule has 2 unspecified atom stereocenters. The molecule has 6 heteroatoms. The lowest BCUT2D eigenvalue weighted by atomic mass is 9.86. The van der Waals surface area contributed by atoms with Gasteiger partial charge in [0.05, 0.1) is 11.0 Å². The molecule has 1 aliphatic rings. The maximum atomic E-state index is 11.0. The van der Waals surface area contributed by atoms with Crippen molar-refractivity contribution in [1.29, 1.82) is 0 Å². The molecule has 0 amide bonds. The van der Waals surface area contributed by atoms with E-state index in [0.717, 1.165) is 0 Å². The van der Waals surface area contributed by atoms with Gasteiger partial charge in [-0.2, -0.15) is 0 Å². The molecule has 0 aliphatic heterocycles. The summed E-state index contributed by atoms with van der Waals surface area (Å²) in [7, 11) is 0. The van der Waals surface area contributed by atoms with Crippen LogP contribution in [0.3, 0.4) is 0 Å². The summed E-state index contributed by atoms with van der Waals surface area (Å²) in [6.07, 6.45) is 2.61. The molecule has 0 saturated carbocycles. The van der Waals surface area contributed by atoms with Crippen molar-refractivity contribution in [2.24, 2.45) is 0 Å². The van der Waals surface area contributed by atoms with E-state index in [9.17, 15) is 9.59 Å². The number of aliphatic carboxylic acids is 2. The first-order chi connectivity index (χ1) is 6.81. The third-order valence-electron chi connectivity index (χ3n) is 2.27. The summed E-state index contributed by atoms with van der Waals surface area (Å²) in [5.74, 6) is -2.63. The molecule has 82 valence electrons. The maximum absolute atomic E-state index is 11.0. The second-order valence-electron chi connectivity index (χ2n) is 3.16. The normalized spacial score (nSPS) is 30.5. The summed E-state index contributed by atoms with van der Waals surface area (Å²) in [5, 5.41) is 16.4. The molecule has 0 spiro atoms. The number of rotatable bonds is 2. The zero-order valence-electron chi connectivity index (χ0n) is 7.70. The van der Waals surface area contributed by atoms with Crippen LogP contribution in [0.5, 0.6) is 0 Å². The quantitative estimate of drug-likeness (QED) is 0.731. The van der Waals surface area contributed by atoms with E-state index in [0.29, 0.717) is 5.57 Å². The minimum Gasteiger partial charge on any atom is -0.480 e. The van der Waals surface area contributed by atoms with Gasteiger partial charge in [-0.25, -0.2) is 9.59 Å². The van der Waals surface area contributed by atoms with E-state index < -0.39 is 22.2 Å². The van der Waals surface area contributed by atoms with Crippen molar-refractivity contribution in [1.82, 2.24) is 0 Å². The van der Waals surface area contributed by atoms with Gasteiger partial charge in [-0.05, 0) is 12.5 Å². The fourth-order valence-corrected chi connectivity index (χ4v) is 1.90. The van der Waals surface area contributed by atoms with Gasteiger partial charge in [-0.15, -0.1) is 11.6 Å². The zero-order chi connectivity index (χ0) is 11.8. The van der Waals surface area contributed by atoms with E-state index >= 15 is 0 Å². The highest BCUT2D eigenvalue weighted by molar-refractivity contribution is 6.44. The maximum Gasteiger partial charge on any atom is 0.333 e. The summed E-state index contributed by atoms with van der Waals surface area (Å²) >= 11 is 11.6. The highest BCUT2D eigenvalue weighted by Crippen LogP contribution is 2.39. The Balaban J connectivity index is 3.27. The molecule has 15 heavy (non-hydrogen) atoms. The molecule has 2 N–H and O–H groups in total. The Hall–Kier alpha value is -1.00. The van der Waals surface area contributed by atoms with E-state index in [1.165, 1.54) is 19.1 Å². The number of alkyl halides is 2. The number of carboxylic acids is 2. The molecule has 0 aromatic rings. The lowest BCUT2D eigenvalue weighted by Crippen LogP contribution is -2.46. The van der Waals surface area contributed by atoms with E-state index in [4.69, 9.17) is 33.4 Å². The van der Waals surface area contributed by atoms with Crippen molar-refractivity contribution in [3.05, 3.63) is 23.3 Å². The molecular weight excluding hydrogens is 243 g/mol. The topological polar surface area (TPSA) is 74.6 Å². The fourth-order valence-electron chi connectivity index (χ4n) is 1.29. The first kappa shape index (κ1) is 12.1. The Bertz CT molecular complexity index is 386. The molecule has 0 radical (unpaired) electrons. The van der Waals surface area contributed by atoms with Crippen molar-refractivity contribution in [2.45, 2.75) is 17.2 Å². The van der Waals surface area contributed by atoms with Crippen molar-refractivity contribution >= 4 is 35.1 Å². The Morgan fingerprint density at radius 3 is 2.33 bits per heavy atom. The van der Waals surface area contributed by atoms with Crippen LogP contribution < -0.4 is 0 Å². The molecule has 0 heterocycles. The van der Waals surface area contributed by atoms with Crippen LogP contribution in [-0.2, 0) is 9.59 Å². The molecule has 0 saturated heterocycles. The fraction of sp³-hybridized carbons (Fsp3) is 0.333. The Morgan fingerprint density at radius 1 is 1.40 bits per heavy atom. The molecule has 2 atom stereocenters. The number of carbonyl (C=O) groups is 2. The molecule has 0 aromatic carbocycles. The molecule has 4 nitrogen and oxygen atoms in total. The second kappa shape index (κ2) is 3.87. The van der Waals surface area contributed by atoms with Crippen LogP contribution in [-0.4, -0.2) is 32.4 Å². The van der Waals surface area contributed by atoms with Crippen molar-refractivity contribution < 1.29 is 19.8 Å². The van der Waals surface area contributed by atoms with Gasteiger partial charge in [0.15, 0.2) is 4.87 Å². The van der Waals surface area contributed by atoms with Crippen LogP contribution in [0, 0.1) is 0 Å². The standard InChI is InChI=1S/C9H8Cl2O4/c1-4-2-3-5(7(12)13)6(10)9(4,11)8(14)15/h2-3,6H,1H3,(H,12,13)(H,14,15). The van der Waals surface area contributed by atoms with Crippen LogP contribution in [0.15, 0.2) is 23.3 Å². The molecule has 0 aromatic heterocycles.